The monoisotopic (exact) mass is 374 g/mol. The summed E-state index contributed by atoms with van der Waals surface area (Å²) in [6.07, 6.45) is 4.56. The SMILES string of the molecule is C=CCN1C(=O)C(=Cc2ccco2)SC1=NS(=O)(=O)c1ccccc1. The Labute approximate surface area is 149 Å². The maximum absolute atomic E-state index is 12.5. The van der Waals surface area contributed by atoms with Crippen LogP contribution in [0.4, 0.5) is 0 Å². The predicted octanol–water partition coefficient (Wildman–Crippen LogP) is 3.13. The van der Waals surface area contributed by atoms with Crippen LogP contribution in [0.15, 0.2) is 80.0 Å². The van der Waals surface area contributed by atoms with Gasteiger partial charge in [0.05, 0.1) is 16.1 Å². The summed E-state index contributed by atoms with van der Waals surface area (Å²) in [6.45, 7) is 3.76. The molecule has 8 heteroatoms. The number of amidine groups is 1. The van der Waals surface area contributed by atoms with Crippen LogP contribution in [0.2, 0.25) is 0 Å². The summed E-state index contributed by atoms with van der Waals surface area (Å²) >= 11 is 0.987. The van der Waals surface area contributed by atoms with Gasteiger partial charge in [0.25, 0.3) is 15.9 Å². The molecule has 1 fully saturated rings. The number of thioether (sulfide) groups is 1. The molecule has 0 atom stereocenters. The van der Waals surface area contributed by atoms with Gasteiger partial charge in [-0.25, -0.2) is 0 Å². The Balaban J connectivity index is 1.99. The van der Waals surface area contributed by atoms with Crippen LogP contribution in [0.5, 0.6) is 0 Å². The topological polar surface area (TPSA) is 80.0 Å². The number of hydrogen-bond donors (Lipinski definition) is 0. The van der Waals surface area contributed by atoms with Crippen LogP contribution in [-0.4, -0.2) is 30.9 Å². The smallest absolute Gasteiger partial charge is 0.284 e. The largest absolute Gasteiger partial charge is 0.465 e. The lowest BCUT2D eigenvalue weighted by Crippen LogP contribution is -2.29. The summed E-state index contributed by atoms with van der Waals surface area (Å²) in [5, 5.41) is 0.0894. The van der Waals surface area contributed by atoms with Gasteiger partial charge in [-0.2, -0.15) is 8.42 Å². The summed E-state index contributed by atoms with van der Waals surface area (Å²) in [5.74, 6) is 0.157. The molecular formula is C17H14N2O4S2. The second-order valence-electron chi connectivity index (χ2n) is 4.99. The molecular weight excluding hydrogens is 360 g/mol. The minimum Gasteiger partial charge on any atom is -0.465 e. The highest BCUT2D eigenvalue weighted by Gasteiger charge is 2.34. The highest BCUT2D eigenvalue weighted by molar-refractivity contribution is 8.19. The molecule has 1 saturated heterocycles. The third-order valence-corrected chi connectivity index (χ3v) is 5.66. The Hall–Kier alpha value is -2.58. The van der Waals surface area contributed by atoms with Crippen LogP contribution in [0.3, 0.4) is 0 Å². The number of carbonyl (C=O) groups excluding carboxylic acids is 1. The van der Waals surface area contributed by atoms with Crippen molar-refractivity contribution in [1.82, 2.24) is 4.90 Å². The summed E-state index contributed by atoms with van der Waals surface area (Å²) < 4.78 is 34.0. The average molecular weight is 374 g/mol. The van der Waals surface area contributed by atoms with E-state index in [-0.39, 0.29) is 22.5 Å². The van der Waals surface area contributed by atoms with E-state index in [9.17, 15) is 13.2 Å². The molecule has 0 aliphatic carbocycles. The predicted molar refractivity (Wildman–Crippen MR) is 97.2 cm³/mol. The van der Waals surface area contributed by atoms with Gasteiger partial charge in [0.1, 0.15) is 5.76 Å². The van der Waals surface area contributed by atoms with Gasteiger partial charge in [0.15, 0.2) is 5.17 Å². The third kappa shape index (κ3) is 3.75. The van der Waals surface area contributed by atoms with Gasteiger partial charge < -0.3 is 4.42 Å². The zero-order valence-corrected chi connectivity index (χ0v) is 14.7. The number of furan rings is 1. The highest BCUT2D eigenvalue weighted by atomic mass is 32.2. The Kier molecular flexibility index (Phi) is 4.91. The molecule has 1 aliphatic rings. The molecule has 0 unspecified atom stereocenters. The van der Waals surface area contributed by atoms with Crippen molar-refractivity contribution < 1.29 is 17.6 Å². The molecule has 2 heterocycles. The van der Waals surface area contributed by atoms with Crippen LogP contribution in [0, 0.1) is 0 Å². The molecule has 1 aromatic heterocycles. The van der Waals surface area contributed by atoms with Gasteiger partial charge >= 0.3 is 0 Å². The molecule has 0 N–H and O–H groups in total. The Morgan fingerprint density at radius 3 is 2.60 bits per heavy atom. The molecule has 0 saturated carbocycles. The minimum absolute atomic E-state index is 0.0672. The first kappa shape index (κ1) is 17.2. The molecule has 6 nitrogen and oxygen atoms in total. The lowest BCUT2D eigenvalue weighted by Gasteiger charge is -2.12. The van der Waals surface area contributed by atoms with Gasteiger partial charge in [-0.1, -0.05) is 24.3 Å². The number of benzene rings is 1. The number of hydrogen-bond acceptors (Lipinski definition) is 5. The van der Waals surface area contributed by atoms with Crippen LogP contribution >= 0.6 is 11.8 Å². The maximum Gasteiger partial charge on any atom is 0.284 e. The zero-order valence-electron chi connectivity index (χ0n) is 13.0. The average Bonchev–Trinajstić information content (AvgIpc) is 3.20. The van der Waals surface area contributed by atoms with Crippen molar-refractivity contribution in [3.63, 3.8) is 0 Å². The van der Waals surface area contributed by atoms with E-state index in [1.165, 1.54) is 29.4 Å². The Bertz CT molecular complexity index is 946. The molecule has 3 rings (SSSR count). The Morgan fingerprint density at radius 1 is 1.20 bits per heavy atom. The third-order valence-electron chi connectivity index (χ3n) is 3.26. The molecule has 0 bridgehead atoms. The molecule has 128 valence electrons. The summed E-state index contributed by atoms with van der Waals surface area (Å²) in [4.78, 5) is 14.2. The standard InChI is InChI=1S/C17H14N2O4S2/c1-2-10-19-16(20)15(12-13-7-6-11-23-13)24-17(19)18-25(21,22)14-8-4-3-5-9-14/h2-9,11-12H,1,10H2. The van der Waals surface area contributed by atoms with Gasteiger partial charge in [0, 0.05) is 12.6 Å². The number of sulfonamides is 1. The number of carbonyl (C=O) groups is 1. The van der Waals surface area contributed by atoms with Gasteiger partial charge in [-0.15, -0.1) is 11.0 Å². The van der Waals surface area contributed by atoms with Gasteiger partial charge in [0.2, 0.25) is 0 Å². The molecule has 2 aromatic rings. The van der Waals surface area contributed by atoms with Crippen LogP contribution in [0.25, 0.3) is 6.08 Å². The van der Waals surface area contributed by atoms with E-state index < -0.39 is 10.0 Å². The number of amides is 1. The first-order chi connectivity index (χ1) is 12.0. The van der Waals surface area contributed by atoms with Gasteiger partial charge in [-0.3, -0.25) is 9.69 Å². The van der Waals surface area contributed by atoms with E-state index in [2.05, 4.69) is 11.0 Å². The molecule has 1 aromatic carbocycles. The van der Waals surface area contributed by atoms with E-state index in [1.54, 1.807) is 36.4 Å². The summed E-state index contributed by atoms with van der Waals surface area (Å²) in [6, 6.07) is 11.3. The molecule has 1 aliphatic heterocycles. The highest BCUT2D eigenvalue weighted by Crippen LogP contribution is 2.33. The van der Waals surface area contributed by atoms with E-state index in [0.717, 1.165) is 11.8 Å². The fraction of sp³-hybridized carbons (Fsp3) is 0.0588. The lowest BCUT2D eigenvalue weighted by atomic mass is 10.3. The second kappa shape index (κ2) is 7.12. The van der Waals surface area contributed by atoms with E-state index in [1.807, 2.05) is 0 Å². The van der Waals surface area contributed by atoms with Crippen LogP contribution in [-0.2, 0) is 14.8 Å². The molecule has 0 radical (unpaired) electrons. The quantitative estimate of drug-likeness (QED) is 0.593. The summed E-state index contributed by atoms with van der Waals surface area (Å²) in [5.41, 5.74) is 0. The first-order valence-corrected chi connectivity index (χ1v) is 9.53. The maximum atomic E-state index is 12.5. The van der Waals surface area contributed by atoms with E-state index >= 15 is 0 Å². The second-order valence-corrected chi connectivity index (χ2v) is 7.61. The lowest BCUT2D eigenvalue weighted by molar-refractivity contribution is -0.121. The minimum atomic E-state index is -3.92. The molecule has 1 amide bonds. The van der Waals surface area contributed by atoms with Crippen LogP contribution < -0.4 is 0 Å². The van der Waals surface area contributed by atoms with E-state index in [0.29, 0.717) is 10.7 Å². The number of nitrogens with zero attached hydrogens (tertiary/aromatic N) is 2. The number of rotatable bonds is 5. The van der Waals surface area contributed by atoms with Crippen LogP contribution in [0.1, 0.15) is 5.76 Å². The van der Waals surface area contributed by atoms with Crippen molar-refractivity contribution in [3.8, 4) is 0 Å². The first-order valence-electron chi connectivity index (χ1n) is 7.27. The zero-order chi connectivity index (χ0) is 17.9. The Morgan fingerprint density at radius 2 is 1.96 bits per heavy atom. The van der Waals surface area contributed by atoms with Crippen molar-refractivity contribution in [2.24, 2.45) is 4.40 Å². The fourth-order valence-electron chi connectivity index (χ4n) is 2.12. The van der Waals surface area contributed by atoms with E-state index in [4.69, 9.17) is 4.42 Å². The van der Waals surface area contributed by atoms with Crippen molar-refractivity contribution in [2.75, 3.05) is 6.54 Å². The fourth-order valence-corrected chi connectivity index (χ4v) is 4.31. The summed E-state index contributed by atoms with van der Waals surface area (Å²) in [7, 11) is -3.92. The van der Waals surface area contributed by atoms with Crippen molar-refractivity contribution in [3.05, 3.63) is 72.0 Å². The van der Waals surface area contributed by atoms with Crippen molar-refractivity contribution in [2.45, 2.75) is 4.90 Å². The normalized spacial score (nSPS) is 18.2. The van der Waals surface area contributed by atoms with Gasteiger partial charge in [-0.05, 0) is 36.0 Å². The molecule has 25 heavy (non-hydrogen) atoms. The van der Waals surface area contributed by atoms with Crippen molar-refractivity contribution in [1.29, 1.82) is 0 Å². The molecule has 0 spiro atoms. The van der Waals surface area contributed by atoms with Crippen molar-refractivity contribution >= 4 is 38.9 Å².